The van der Waals surface area contributed by atoms with Crippen molar-refractivity contribution in [3.8, 4) is 0 Å². The monoisotopic (exact) mass is 279 g/mol. The molecule has 5 heteroatoms. The third-order valence-electron chi connectivity index (χ3n) is 4.15. The summed E-state index contributed by atoms with van der Waals surface area (Å²) in [5.74, 6) is 0.443. The van der Waals surface area contributed by atoms with Gasteiger partial charge in [-0.1, -0.05) is 13.8 Å². The van der Waals surface area contributed by atoms with E-state index in [4.69, 9.17) is 4.74 Å². The van der Waals surface area contributed by atoms with Crippen LogP contribution in [0.1, 0.15) is 37.9 Å². The van der Waals surface area contributed by atoms with Crippen molar-refractivity contribution in [2.75, 3.05) is 6.61 Å². The zero-order chi connectivity index (χ0) is 14.7. The van der Waals surface area contributed by atoms with Crippen molar-refractivity contribution in [2.24, 2.45) is 18.9 Å². The van der Waals surface area contributed by atoms with Crippen LogP contribution in [-0.2, 0) is 23.1 Å². The molecule has 1 aliphatic heterocycles. The first-order chi connectivity index (χ1) is 9.50. The molecule has 20 heavy (non-hydrogen) atoms. The van der Waals surface area contributed by atoms with Crippen molar-refractivity contribution in [3.63, 3.8) is 0 Å². The predicted molar refractivity (Wildman–Crippen MR) is 77.1 cm³/mol. The molecule has 1 amide bonds. The molecule has 0 unspecified atom stereocenters. The Morgan fingerprint density at radius 3 is 2.95 bits per heavy atom. The number of ether oxygens (including phenoxy) is 1. The second-order valence-electron chi connectivity index (χ2n) is 5.92. The second kappa shape index (κ2) is 6.39. The van der Waals surface area contributed by atoms with Gasteiger partial charge in [-0.05, 0) is 25.7 Å². The number of carbonyl (C=O) groups is 1. The molecular weight excluding hydrogens is 254 g/mol. The van der Waals surface area contributed by atoms with Gasteiger partial charge in [0.2, 0.25) is 5.91 Å². The first-order valence-corrected chi connectivity index (χ1v) is 7.37. The summed E-state index contributed by atoms with van der Waals surface area (Å²) in [4.78, 5) is 12.4. The van der Waals surface area contributed by atoms with Crippen molar-refractivity contribution in [1.82, 2.24) is 15.1 Å². The molecule has 0 spiro atoms. The van der Waals surface area contributed by atoms with Crippen molar-refractivity contribution < 1.29 is 9.53 Å². The molecule has 5 nitrogen and oxygen atoms in total. The standard InChI is InChI=1S/C15H25N3O2/c1-10(2)14-13(6-5-7-20-14)15(19)16-8-12-9-17-18(4)11(12)3/h9-10,13-14H,5-8H2,1-4H3,(H,16,19)/t13-,14-/m0/s1. The van der Waals surface area contributed by atoms with Gasteiger partial charge in [-0.3, -0.25) is 9.48 Å². The quantitative estimate of drug-likeness (QED) is 0.914. The zero-order valence-electron chi connectivity index (χ0n) is 12.8. The van der Waals surface area contributed by atoms with Gasteiger partial charge in [0.15, 0.2) is 0 Å². The second-order valence-corrected chi connectivity index (χ2v) is 5.92. The van der Waals surface area contributed by atoms with Crippen molar-refractivity contribution in [1.29, 1.82) is 0 Å². The average molecular weight is 279 g/mol. The topological polar surface area (TPSA) is 56.1 Å². The number of nitrogens with one attached hydrogen (secondary N) is 1. The van der Waals surface area contributed by atoms with E-state index >= 15 is 0 Å². The molecule has 1 aromatic rings. The lowest BCUT2D eigenvalue weighted by atomic mass is 9.87. The molecule has 1 aromatic heterocycles. The van der Waals surface area contributed by atoms with Crippen LogP contribution in [0.15, 0.2) is 6.20 Å². The molecular formula is C15H25N3O2. The summed E-state index contributed by atoms with van der Waals surface area (Å²) in [6, 6.07) is 0. The van der Waals surface area contributed by atoms with Gasteiger partial charge in [0.1, 0.15) is 0 Å². The van der Waals surface area contributed by atoms with Crippen molar-refractivity contribution in [3.05, 3.63) is 17.5 Å². The molecule has 2 atom stereocenters. The normalized spacial score (nSPS) is 23.1. The van der Waals surface area contributed by atoms with Crippen LogP contribution in [0.2, 0.25) is 0 Å². The predicted octanol–water partition coefficient (Wildman–Crippen LogP) is 1.80. The Morgan fingerprint density at radius 2 is 2.35 bits per heavy atom. The van der Waals surface area contributed by atoms with Crippen LogP contribution in [0, 0.1) is 18.8 Å². The number of nitrogens with zero attached hydrogens (tertiary/aromatic N) is 2. The van der Waals surface area contributed by atoms with E-state index in [9.17, 15) is 4.79 Å². The smallest absolute Gasteiger partial charge is 0.226 e. The van der Waals surface area contributed by atoms with Gasteiger partial charge in [0.05, 0.1) is 18.2 Å². The van der Waals surface area contributed by atoms with E-state index in [1.807, 2.05) is 24.9 Å². The van der Waals surface area contributed by atoms with E-state index in [2.05, 4.69) is 24.3 Å². The Hall–Kier alpha value is -1.36. The van der Waals surface area contributed by atoms with Gasteiger partial charge in [-0.25, -0.2) is 0 Å². The minimum Gasteiger partial charge on any atom is -0.377 e. The molecule has 0 bridgehead atoms. The number of carbonyl (C=O) groups excluding carboxylic acids is 1. The highest BCUT2D eigenvalue weighted by Crippen LogP contribution is 2.26. The Bertz CT molecular complexity index is 468. The highest BCUT2D eigenvalue weighted by molar-refractivity contribution is 5.79. The maximum absolute atomic E-state index is 12.4. The maximum Gasteiger partial charge on any atom is 0.226 e. The fourth-order valence-corrected chi connectivity index (χ4v) is 2.77. The third kappa shape index (κ3) is 3.20. The average Bonchev–Trinajstić information content (AvgIpc) is 2.76. The molecule has 112 valence electrons. The summed E-state index contributed by atoms with van der Waals surface area (Å²) in [7, 11) is 1.91. The van der Waals surface area contributed by atoms with Crippen LogP contribution < -0.4 is 5.32 Å². The highest BCUT2D eigenvalue weighted by atomic mass is 16.5. The molecule has 2 rings (SSSR count). The summed E-state index contributed by atoms with van der Waals surface area (Å²) in [5.41, 5.74) is 2.16. The van der Waals surface area contributed by atoms with Crippen LogP contribution in [0.5, 0.6) is 0 Å². The SMILES string of the molecule is Cc1c(CNC(=O)[C@H]2CCCO[C@H]2C(C)C)cnn1C. The number of amides is 1. The Morgan fingerprint density at radius 1 is 1.60 bits per heavy atom. The molecule has 1 saturated heterocycles. The number of aromatic nitrogens is 2. The molecule has 1 fully saturated rings. The van der Waals surface area contributed by atoms with Crippen LogP contribution in [0.3, 0.4) is 0 Å². The number of rotatable bonds is 4. The number of hydrogen-bond donors (Lipinski definition) is 1. The van der Waals surface area contributed by atoms with Gasteiger partial charge in [-0.2, -0.15) is 5.10 Å². The van der Waals surface area contributed by atoms with E-state index in [-0.39, 0.29) is 17.9 Å². The molecule has 0 aromatic carbocycles. The maximum atomic E-state index is 12.4. The van der Waals surface area contributed by atoms with Crippen LogP contribution in [0.4, 0.5) is 0 Å². The molecule has 0 aliphatic carbocycles. The number of aryl methyl sites for hydroxylation is 1. The van der Waals surface area contributed by atoms with E-state index in [0.717, 1.165) is 30.7 Å². The van der Waals surface area contributed by atoms with E-state index in [1.165, 1.54) is 0 Å². The largest absolute Gasteiger partial charge is 0.377 e. The van der Waals surface area contributed by atoms with E-state index in [0.29, 0.717) is 12.5 Å². The summed E-state index contributed by atoms with van der Waals surface area (Å²) < 4.78 is 7.60. The van der Waals surface area contributed by atoms with Crippen LogP contribution in [0.25, 0.3) is 0 Å². The molecule has 0 radical (unpaired) electrons. The molecule has 2 heterocycles. The van der Waals surface area contributed by atoms with Gasteiger partial charge in [0.25, 0.3) is 0 Å². The lowest BCUT2D eigenvalue weighted by Gasteiger charge is -2.33. The van der Waals surface area contributed by atoms with Gasteiger partial charge < -0.3 is 10.1 Å². The van der Waals surface area contributed by atoms with Crippen LogP contribution in [-0.4, -0.2) is 28.4 Å². The fourth-order valence-electron chi connectivity index (χ4n) is 2.77. The Labute approximate surface area is 120 Å². The highest BCUT2D eigenvalue weighted by Gasteiger charge is 2.33. The minimum absolute atomic E-state index is 0.0271. The summed E-state index contributed by atoms with van der Waals surface area (Å²) in [6.45, 7) is 7.55. The van der Waals surface area contributed by atoms with Crippen molar-refractivity contribution >= 4 is 5.91 Å². The van der Waals surface area contributed by atoms with Gasteiger partial charge in [0, 0.05) is 31.5 Å². The minimum atomic E-state index is -0.0271. The van der Waals surface area contributed by atoms with Gasteiger partial charge in [-0.15, -0.1) is 0 Å². The molecule has 1 aliphatic rings. The Balaban J connectivity index is 1.95. The number of hydrogen-bond acceptors (Lipinski definition) is 3. The zero-order valence-corrected chi connectivity index (χ0v) is 12.8. The third-order valence-corrected chi connectivity index (χ3v) is 4.15. The first kappa shape index (κ1) is 15.0. The summed E-state index contributed by atoms with van der Waals surface area (Å²) in [5, 5.41) is 7.23. The van der Waals surface area contributed by atoms with E-state index in [1.54, 1.807) is 0 Å². The fraction of sp³-hybridized carbons (Fsp3) is 0.733. The first-order valence-electron chi connectivity index (χ1n) is 7.37. The summed E-state index contributed by atoms with van der Waals surface area (Å²) in [6.07, 6.45) is 3.74. The van der Waals surface area contributed by atoms with E-state index < -0.39 is 0 Å². The molecule has 1 N–H and O–H groups in total. The van der Waals surface area contributed by atoms with Gasteiger partial charge >= 0.3 is 0 Å². The Kier molecular flexibility index (Phi) is 4.81. The molecule has 0 saturated carbocycles. The lowest BCUT2D eigenvalue weighted by Crippen LogP contribution is -2.43. The lowest BCUT2D eigenvalue weighted by molar-refractivity contribution is -0.137. The summed E-state index contributed by atoms with van der Waals surface area (Å²) >= 11 is 0. The van der Waals surface area contributed by atoms with Crippen molar-refractivity contribution in [2.45, 2.75) is 46.3 Å². The van der Waals surface area contributed by atoms with Crippen LogP contribution >= 0.6 is 0 Å².